The largest absolute Gasteiger partial charge is 0.493 e. The summed E-state index contributed by atoms with van der Waals surface area (Å²) < 4.78 is 5.71. The minimum atomic E-state index is 0. The molecule has 1 aliphatic rings. The summed E-state index contributed by atoms with van der Waals surface area (Å²) >= 11 is 0. The molecule has 0 saturated heterocycles. The first-order valence-electron chi connectivity index (χ1n) is 9.06. The van der Waals surface area contributed by atoms with Gasteiger partial charge in [0.15, 0.2) is 5.96 Å². The first-order valence-corrected chi connectivity index (χ1v) is 9.06. The van der Waals surface area contributed by atoms with Gasteiger partial charge >= 0.3 is 0 Å². The van der Waals surface area contributed by atoms with Gasteiger partial charge in [-0.25, -0.2) is 0 Å². The Labute approximate surface area is 179 Å². The lowest BCUT2D eigenvalue weighted by Gasteiger charge is -2.27. The van der Waals surface area contributed by atoms with Gasteiger partial charge in [0.25, 0.3) is 0 Å². The van der Waals surface area contributed by atoms with Crippen LogP contribution in [0.5, 0.6) is 5.75 Å². The Morgan fingerprint density at radius 1 is 1.22 bits per heavy atom. The van der Waals surface area contributed by atoms with Crippen molar-refractivity contribution in [3.05, 3.63) is 65.2 Å². The summed E-state index contributed by atoms with van der Waals surface area (Å²) in [7, 11) is 4.14. The van der Waals surface area contributed by atoms with E-state index in [2.05, 4.69) is 66.6 Å². The molecule has 1 heterocycles. The number of nitrogens with two attached hydrogens (primary N) is 1. The smallest absolute Gasteiger partial charge is 0.189 e. The van der Waals surface area contributed by atoms with E-state index in [4.69, 9.17) is 10.5 Å². The van der Waals surface area contributed by atoms with Crippen molar-refractivity contribution in [1.29, 1.82) is 0 Å². The van der Waals surface area contributed by atoms with Gasteiger partial charge in [-0.05, 0) is 32.6 Å². The first kappa shape index (κ1) is 21.5. The first-order chi connectivity index (χ1) is 12.5. The Balaban J connectivity index is 0.00000261. The third kappa shape index (κ3) is 5.59. The van der Waals surface area contributed by atoms with Gasteiger partial charge in [-0.15, -0.1) is 24.0 Å². The average molecular weight is 480 g/mol. The van der Waals surface area contributed by atoms with E-state index >= 15 is 0 Å². The lowest BCUT2D eigenvalue weighted by Crippen LogP contribution is -2.38. The molecule has 0 fully saturated rings. The maximum Gasteiger partial charge on any atom is 0.189 e. The minimum Gasteiger partial charge on any atom is -0.493 e. The van der Waals surface area contributed by atoms with Crippen LogP contribution in [0.3, 0.4) is 0 Å². The highest BCUT2D eigenvalue weighted by atomic mass is 127. The SMILES string of the molecule is Cc1ccc(C(CN=C(N)NC2CCOc3ccccc32)N(C)C)cc1.I. The number of guanidine groups is 1. The van der Waals surface area contributed by atoms with Crippen LogP contribution in [-0.2, 0) is 0 Å². The molecule has 5 nitrogen and oxygen atoms in total. The van der Waals surface area contributed by atoms with Crippen LogP contribution < -0.4 is 15.8 Å². The van der Waals surface area contributed by atoms with Gasteiger partial charge in [0, 0.05) is 12.0 Å². The minimum absolute atomic E-state index is 0. The average Bonchev–Trinajstić information content (AvgIpc) is 2.63. The Hall–Kier alpha value is -1.80. The second-order valence-corrected chi connectivity index (χ2v) is 6.99. The predicted octanol–water partition coefficient (Wildman–Crippen LogP) is 3.64. The van der Waals surface area contributed by atoms with Crippen molar-refractivity contribution in [3.63, 3.8) is 0 Å². The van der Waals surface area contributed by atoms with Crippen molar-refractivity contribution in [2.45, 2.75) is 25.4 Å². The molecule has 6 heteroatoms. The van der Waals surface area contributed by atoms with Gasteiger partial charge in [0.05, 0.1) is 25.2 Å². The highest BCUT2D eigenvalue weighted by molar-refractivity contribution is 14.0. The van der Waals surface area contributed by atoms with E-state index in [0.29, 0.717) is 19.1 Å². The number of hydrogen-bond donors (Lipinski definition) is 2. The number of fused-ring (bicyclic) bond motifs is 1. The van der Waals surface area contributed by atoms with Crippen molar-refractivity contribution < 1.29 is 4.74 Å². The van der Waals surface area contributed by atoms with Gasteiger partial charge in [0.2, 0.25) is 0 Å². The molecule has 0 aromatic heterocycles. The van der Waals surface area contributed by atoms with E-state index in [0.717, 1.165) is 17.7 Å². The van der Waals surface area contributed by atoms with E-state index in [1.54, 1.807) is 0 Å². The molecule has 2 aromatic carbocycles. The zero-order valence-corrected chi connectivity index (χ0v) is 18.5. The highest BCUT2D eigenvalue weighted by Gasteiger charge is 2.21. The van der Waals surface area contributed by atoms with Crippen molar-refractivity contribution in [2.24, 2.45) is 10.7 Å². The molecule has 0 spiro atoms. The molecule has 2 aromatic rings. The summed E-state index contributed by atoms with van der Waals surface area (Å²) in [6.07, 6.45) is 0.877. The third-order valence-corrected chi connectivity index (χ3v) is 4.80. The van der Waals surface area contributed by atoms with Gasteiger partial charge in [-0.3, -0.25) is 4.99 Å². The van der Waals surface area contributed by atoms with Crippen LogP contribution in [0, 0.1) is 6.92 Å². The molecule has 3 N–H and O–H groups in total. The number of aryl methyl sites for hydroxylation is 1. The Kier molecular flexibility index (Phi) is 7.91. The maximum absolute atomic E-state index is 6.19. The fourth-order valence-corrected chi connectivity index (χ4v) is 3.26. The second-order valence-electron chi connectivity index (χ2n) is 6.99. The second kappa shape index (κ2) is 9.94. The van der Waals surface area contributed by atoms with Gasteiger partial charge in [0.1, 0.15) is 5.75 Å². The van der Waals surface area contributed by atoms with Gasteiger partial charge < -0.3 is 20.7 Å². The summed E-state index contributed by atoms with van der Waals surface area (Å²) in [5.74, 6) is 1.40. The van der Waals surface area contributed by atoms with Crippen molar-refractivity contribution in [1.82, 2.24) is 10.2 Å². The Morgan fingerprint density at radius 3 is 2.63 bits per heavy atom. The quantitative estimate of drug-likeness (QED) is 0.390. The molecule has 0 radical (unpaired) electrons. The predicted molar refractivity (Wildman–Crippen MR) is 122 cm³/mol. The molecule has 0 saturated carbocycles. The fourth-order valence-electron chi connectivity index (χ4n) is 3.26. The third-order valence-electron chi connectivity index (χ3n) is 4.80. The fraction of sp³-hybridized carbons (Fsp3) is 0.381. The van der Waals surface area contributed by atoms with E-state index < -0.39 is 0 Å². The lowest BCUT2D eigenvalue weighted by atomic mass is 10.0. The van der Waals surface area contributed by atoms with Gasteiger partial charge in [-0.2, -0.15) is 0 Å². The number of ether oxygens (including phenoxy) is 1. The van der Waals surface area contributed by atoms with Gasteiger partial charge in [-0.1, -0.05) is 48.0 Å². The molecular weight excluding hydrogens is 451 g/mol. The zero-order chi connectivity index (χ0) is 18.5. The van der Waals surface area contributed by atoms with E-state index in [9.17, 15) is 0 Å². The van der Waals surface area contributed by atoms with E-state index in [-0.39, 0.29) is 36.1 Å². The number of nitrogens with one attached hydrogen (secondary N) is 1. The molecule has 0 aliphatic carbocycles. The zero-order valence-electron chi connectivity index (χ0n) is 16.2. The molecule has 27 heavy (non-hydrogen) atoms. The monoisotopic (exact) mass is 480 g/mol. The van der Waals surface area contributed by atoms with Crippen molar-refractivity contribution in [2.75, 3.05) is 27.2 Å². The maximum atomic E-state index is 6.19. The molecule has 1 aliphatic heterocycles. The van der Waals surface area contributed by atoms with Crippen LogP contribution in [0.2, 0.25) is 0 Å². The summed E-state index contributed by atoms with van der Waals surface area (Å²) in [4.78, 5) is 6.78. The van der Waals surface area contributed by atoms with Crippen molar-refractivity contribution in [3.8, 4) is 5.75 Å². The van der Waals surface area contributed by atoms with Crippen LogP contribution >= 0.6 is 24.0 Å². The molecule has 2 atom stereocenters. The molecule has 0 bridgehead atoms. The number of likely N-dealkylation sites (N-methyl/N-ethyl adjacent to an activating group) is 1. The highest BCUT2D eigenvalue weighted by Crippen LogP contribution is 2.31. The number of halogens is 1. The molecule has 2 unspecified atom stereocenters. The number of benzene rings is 2. The molecular formula is C21H29IN4O. The number of nitrogens with zero attached hydrogens (tertiary/aromatic N) is 2. The number of rotatable bonds is 5. The van der Waals surface area contributed by atoms with Crippen LogP contribution in [0.1, 0.15) is 35.2 Å². The number of hydrogen-bond acceptors (Lipinski definition) is 3. The normalized spacial score (nSPS) is 17.5. The molecule has 3 rings (SSSR count). The van der Waals surface area contributed by atoms with Crippen LogP contribution in [0.4, 0.5) is 0 Å². The van der Waals surface area contributed by atoms with E-state index in [1.807, 2.05) is 18.2 Å². The van der Waals surface area contributed by atoms with Crippen LogP contribution in [0.15, 0.2) is 53.5 Å². The molecule has 146 valence electrons. The van der Waals surface area contributed by atoms with E-state index in [1.165, 1.54) is 11.1 Å². The summed E-state index contributed by atoms with van der Waals surface area (Å²) in [5.41, 5.74) is 9.83. The Morgan fingerprint density at radius 2 is 1.93 bits per heavy atom. The Bertz CT molecular complexity index is 761. The summed E-state index contributed by atoms with van der Waals surface area (Å²) in [5, 5.41) is 3.36. The summed E-state index contributed by atoms with van der Waals surface area (Å²) in [6.45, 7) is 3.39. The number of para-hydroxylation sites is 1. The standard InChI is InChI=1S/C21H28N4O.HI/c1-15-8-10-16(11-9-15)19(25(2)3)14-23-21(22)24-18-12-13-26-20-7-5-4-6-17(18)20;/h4-11,18-19H,12-14H2,1-3H3,(H3,22,23,24);1H. The summed E-state index contributed by atoms with van der Waals surface area (Å²) in [6, 6.07) is 17.0. The van der Waals surface area contributed by atoms with Crippen LogP contribution in [0.25, 0.3) is 0 Å². The van der Waals surface area contributed by atoms with Crippen molar-refractivity contribution >= 4 is 29.9 Å². The number of aliphatic imine (C=N–C) groups is 1. The van der Waals surface area contributed by atoms with Crippen LogP contribution in [-0.4, -0.2) is 38.1 Å². The topological polar surface area (TPSA) is 62.9 Å². The molecule has 0 amide bonds. The lowest BCUT2D eigenvalue weighted by molar-refractivity contribution is 0.262.